The molecule has 2 atom stereocenters. The van der Waals surface area contributed by atoms with Crippen LogP contribution in [0.3, 0.4) is 0 Å². The molecule has 0 bridgehead atoms. The van der Waals surface area contributed by atoms with Gasteiger partial charge in [0.15, 0.2) is 0 Å². The van der Waals surface area contributed by atoms with Crippen LogP contribution in [0.25, 0.3) is 0 Å². The van der Waals surface area contributed by atoms with Crippen molar-refractivity contribution < 1.29 is 13.6 Å². The van der Waals surface area contributed by atoms with Gasteiger partial charge in [-0.15, -0.1) is 0 Å². The van der Waals surface area contributed by atoms with Crippen molar-refractivity contribution in [1.82, 2.24) is 10.3 Å². The van der Waals surface area contributed by atoms with E-state index in [2.05, 4.69) is 10.3 Å². The molecule has 148 valence electrons. The van der Waals surface area contributed by atoms with E-state index in [1.165, 1.54) is 12.1 Å². The van der Waals surface area contributed by atoms with Crippen molar-refractivity contribution >= 4 is 5.91 Å². The summed E-state index contributed by atoms with van der Waals surface area (Å²) in [5.41, 5.74) is 2.31. The number of carbonyl (C=O) groups excluding carboxylic acids is 1. The average Bonchev–Trinajstić information content (AvgIpc) is 3.40. The summed E-state index contributed by atoms with van der Waals surface area (Å²) in [6, 6.07) is 10.1. The van der Waals surface area contributed by atoms with E-state index in [4.69, 9.17) is 0 Å². The molecule has 4 rings (SSSR count). The predicted octanol–water partition coefficient (Wildman–Crippen LogP) is 4.16. The second kappa shape index (κ2) is 7.15. The van der Waals surface area contributed by atoms with Crippen LogP contribution in [0.5, 0.6) is 0 Å². The number of H-pyrrole nitrogens is 1. The number of pyridine rings is 1. The molecular formula is C22H24F2N2O2. The van der Waals surface area contributed by atoms with Gasteiger partial charge in [-0.1, -0.05) is 30.3 Å². The van der Waals surface area contributed by atoms with E-state index >= 15 is 0 Å². The standard InChI is InChI=1S/C22H24F2N2O2/c1-22(23,24)15-6-4-14(5-7-15)18(12-16-8-11-20(27)25-16)19-10-9-17(13-2-3-13)21(28)26-19/h4-7,9-10,13,16,18H,2-3,8,11-12H2,1H3,(H,25,27)(H,26,28)/t16-,18?/m1/s1. The van der Waals surface area contributed by atoms with Crippen molar-refractivity contribution in [2.75, 3.05) is 0 Å². The van der Waals surface area contributed by atoms with Gasteiger partial charge in [0.2, 0.25) is 5.91 Å². The summed E-state index contributed by atoms with van der Waals surface area (Å²) in [5, 5.41) is 2.96. The van der Waals surface area contributed by atoms with Crippen molar-refractivity contribution in [3.8, 4) is 0 Å². The predicted molar refractivity (Wildman–Crippen MR) is 103 cm³/mol. The van der Waals surface area contributed by atoms with Crippen LogP contribution >= 0.6 is 0 Å². The largest absolute Gasteiger partial charge is 0.353 e. The van der Waals surface area contributed by atoms with Gasteiger partial charge in [0.1, 0.15) is 0 Å². The van der Waals surface area contributed by atoms with E-state index in [-0.39, 0.29) is 29.0 Å². The summed E-state index contributed by atoms with van der Waals surface area (Å²) in [6.07, 6.45) is 3.95. The first-order valence-corrected chi connectivity index (χ1v) is 9.82. The van der Waals surface area contributed by atoms with E-state index in [9.17, 15) is 18.4 Å². The smallest absolute Gasteiger partial charge is 0.270 e. The third kappa shape index (κ3) is 4.01. The number of nitrogens with one attached hydrogen (secondary N) is 2. The monoisotopic (exact) mass is 386 g/mol. The minimum atomic E-state index is -2.90. The van der Waals surface area contributed by atoms with Crippen LogP contribution in [-0.2, 0) is 10.7 Å². The number of rotatable bonds is 6. The Balaban J connectivity index is 1.66. The molecule has 28 heavy (non-hydrogen) atoms. The Morgan fingerprint density at radius 2 is 1.79 bits per heavy atom. The van der Waals surface area contributed by atoms with Crippen LogP contribution in [0.4, 0.5) is 8.78 Å². The number of aromatic amines is 1. The molecular weight excluding hydrogens is 362 g/mol. The third-order valence-electron chi connectivity index (χ3n) is 5.78. The highest BCUT2D eigenvalue weighted by Gasteiger charge is 2.30. The molecule has 1 amide bonds. The molecule has 2 aromatic rings. The Hall–Kier alpha value is -2.50. The van der Waals surface area contributed by atoms with Crippen molar-refractivity contribution in [2.45, 2.75) is 62.8 Å². The zero-order chi connectivity index (χ0) is 19.9. The first-order chi connectivity index (χ1) is 13.3. The number of hydrogen-bond donors (Lipinski definition) is 2. The van der Waals surface area contributed by atoms with Crippen molar-refractivity contribution in [2.24, 2.45) is 0 Å². The van der Waals surface area contributed by atoms with Gasteiger partial charge in [0, 0.05) is 42.1 Å². The Morgan fingerprint density at radius 1 is 1.07 bits per heavy atom. The molecule has 1 unspecified atom stereocenters. The fourth-order valence-electron chi connectivity index (χ4n) is 4.01. The molecule has 1 saturated carbocycles. The zero-order valence-corrected chi connectivity index (χ0v) is 15.8. The fourth-order valence-corrected chi connectivity index (χ4v) is 4.01. The molecule has 0 radical (unpaired) electrons. The van der Waals surface area contributed by atoms with Crippen LogP contribution < -0.4 is 10.9 Å². The van der Waals surface area contributed by atoms with Gasteiger partial charge in [-0.05, 0) is 43.2 Å². The van der Waals surface area contributed by atoms with Crippen LogP contribution in [-0.4, -0.2) is 16.9 Å². The van der Waals surface area contributed by atoms with E-state index in [1.54, 1.807) is 12.1 Å². The lowest BCUT2D eigenvalue weighted by molar-refractivity contribution is -0.119. The highest BCUT2D eigenvalue weighted by atomic mass is 19.3. The molecule has 2 aliphatic rings. The number of amides is 1. The quantitative estimate of drug-likeness (QED) is 0.783. The molecule has 1 aliphatic heterocycles. The normalized spacial score (nSPS) is 20.8. The molecule has 4 nitrogen and oxygen atoms in total. The Labute approximate surface area is 162 Å². The minimum absolute atomic E-state index is 0.0106. The summed E-state index contributed by atoms with van der Waals surface area (Å²) in [5.74, 6) is -2.68. The van der Waals surface area contributed by atoms with E-state index in [1.807, 2.05) is 12.1 Å². The van der Waals surface area contributed by atoms with Gasteiger partial charge in [0.05, 0.1) is 0 Å². The first kappa shape index (κ1) is 18.8. The number of hydrogen-bond acceptors (Lipinski definition) is 2. The van der Waals surface area contributed by atoms with Crippen LogP contribution in [0.15, 0.2) is 41.2 Å². The highest BCUT2D eigenvalue weighted by Crippen LogP contribution is 2.39. The molecule has 6 heteroatoms. The number of carbonyl (C=O) groups is 1. The van der Waals surface area contributed by atoms with Gasteiger partial charge >= 0.3 is 0 Å². The molecule has 1 aromatic heterocycles. The summed E-state index contributed by atoms with van der Waals surface area (Å²) >= 11 is 0. The summed E-state index contributed by atoms with van der Waals surface area (Å²) < 4.78 is 27.1. The number of benzene rings is 1. The molecule has 1 aliphatic carbocycles. The number of aromatic nitrogens is 1. The zero-order valence-electron chi connectivity index (χ0n) is 15.8. The third-order valence-corrected chi connectivity index (χ3v) is 5.78. The average molecular weight is 386 g/mol. The number of alkyl halides is 2. The van der Waals surface area contributed by atoms with Crippen molar-refractivity contribution in [1.29, 1.82) is 0 Å². The minimum Gasteiger partial charge on any atom is -0.353 e. The highest BCUT2D eigenvalue weighted by molar-refractivity contribution is 5.78. The van der Waals surface area contributed by atoms with Gasteiger partial charge in [-0.25, -0.2) is 8.78 Å². The second-order valence-corrected chi connectivity index (χ2v) is 8.07. The lowest BCUT2D eigenvalue weighted by Gasteiger charge is -2.22. The molecule has 0 spiro atoms. The molecule has 2 N–H and O–H groups in total. The van der Waals surface area contributed by atoms with E-state index in [0.29, 0.717) is 18.8 Å². The second-order valence-electron chi connectivity index (χ2n) is 8.07. The van der Waals surface area contributed by atoms with Crippen LogP contribution in [0, 0.1) is 0 Å². The summed E-state index contributed by atoms with van der Waals surface area (Å²) in [6.45, 7) is 0.877. The Bertz CT molecular complexity index is 927. The number of halogens is 2. The maximum atomic E-state index is 13.6. The van der Waals surface area contributed by atoms with Gasteiger partial charge in [-0.2, -0.15) is 0 Å². The van der Waals surface area contributed by atoms with Gasteiger partial charge in [0.25, 0.3) is 11.5 Å². The van der Waals surface area contributed by atoms with Crippen molar-refractivity contribution in [3.63, 3.8) is 0 Å². The van der Waals surface area contributed by atoms with Gasteiger partial charge < -0.3 is 10.3 Å². The van der Waals surface area contributed by atoms with Gasteiger partial charge in [-0.3, -0.25) is 9.59 Å². The summed E-state index contributed by atoms with van der Waals surface area (Å²) in [4.78, 5) is 27.1. The lowest BCUT2D eigenvalue weighted by Crippen LogP contribution is -2.28. The van der Waals surface area contributed by atoms with Crippen LogP contribution in [0.1, 0.15) is 73.2 Å². The first-order valence-electron chi connectivity index (χ1n) is 9.82. The lowest BCUT2D eigenvalue weighted by atomic mass is 9.87. The maximum absolute atomic E-state index is 13.6. The van der Waals surface area contributed by atoms with Crippen molar-refractivity contribution in [3.05, 3.63) is 69.1 Å². The molecule has 1 aromatic carbocycles. The Morgan fingerprint density at radius 3 is 2.32 bits per heavy atom. The maximum Gasteiger partial charge on any atom is 0.270 e. The SMILES string of the molecule is CC(F)(F)c1ccc(C(C[C@H]2CCC(=O)N2)c2ccc(C3CC3)c(=O)[nH]2)cc1. The Kier molecular flexibility index (Phi) is 4.81. The van der Waals surface area contributed by atoms with Crippen LogP contribution in [0.2, 0.25) is 0 Å². The molecule has 2 fully saturated rings. The molecule has 1 saturated heterocycles. The molecule has 2 heterocycles. The topological polar surface area (TPSA) is 62.0 Å². The van der Waals surface area contributed by atoms with E-state index < -0.39 is 5.92 Å². The van der Waals surface area contributed by atoms with E-state index in [0.717, 1.165) is 43.0 Å². The summed E-state index contributed by atoms with van der Waals surface area (Å²) in [7, 11) is 0. The fraction of sp³-hybridized carbons (Fsp3) is 0.455.